The van der Waals surface area contributed by atoms with Gasteiger partial charge in [0, 0.05) is 48.2 Å². The molecule has 2 aromatic rings. The van der Waals surface area contributed by atoms with Crippen LogP contribution in [0.4, 0.5) is 10.8 Å². The van der Waals surface area contributed by atoms with Crippen LogP contribution in [0.2, 0.25) is 0 Å². The highest BCUT2D eigenvalue weighted by Crippen LogP contribution is 2.36. The Balaban J connectivity index is 1.45. The van der Waals surface area contributed by atoms with Crippen molar-refractivity contribution >= 4 is 45.7 Å². The summed E-state index contributed by atoms with van der Waals surface area (Å²) in [5.41, 5.74) is 1.36. The lowest BCUT2D eigenvalue weighted by molar-refractivity contribution is -0.115. The number of rotatable bonds is 2. The summed E-state index contributed by atoms with van der Waals surface area (Å²) in [5, 5.41) is 5.76. The van der Waals surface area contributed by atoms with E-state index in [0.29, 0.717) is 18.7 Å². The Labute approximate surface area is 154 Å². The van der Waals surface area contributed by atoms with Gasteiger partial charge in [0.25, 0.3) is 5.91 Å². The number of thioether (sulfide) groups is 1. The van der Waals surface area contributed by atoms with Gasteiger partial charge in [-0.3, -0.25) is 9.59 Å². The Bertz CT molecular complexity index is 801. The Kier molecular flexibility index (Phi) is 4.39. The third-order valence-corrected chi connectivity index (χ3v) is 6.42. The van der Waals surface area contributed by atoms with Crippen LogP contribution in [0.3, 0.4) is 0 Å². The van der Waals surface area contributed by atoms with Crippen molar-refractivity contribution in [1.82, 2.24) is 9.88 Å². The first kappa shape index (κ1) is 16.4. The summed E-state index contributed by atoms with van der Waals surface area (Å²) >= 11 is 3.15. The molecule has 3 heterocycles. The van der Waals surface area contributed by atoms with Gasteiger partial charge in [-0.25, -0.2) is 4.98 Å². The van der Waals surface area contributed by atoms with Gasteiger partial charge < -0.3 is 15.1 Å². The van der Waals surface area contributed by atoms with Crippen LogP contribution in [0.5, 0.6) is 0 Å². The van der Waals surface area contributed by atoms with Crippen molar-refractivity contribution in [2.45, 2.75) is 17.1 Å². The van der Waals surface area contributed by atoms with Crippen LogP contribution >= 0.6 is 23.1 Å². The van der Waals surface area contributed by atoms with E-state index in [1.165, 1.54) is 11.8 Å². The number of amides is 2. The molecule has 1 fully saturated rings. The molecule has 0 unspecified atom stereocenters. The number of fused-ring (bicyclic) bond motifs is 1. The number of carbonyl (C=O) groups excluding carboxylic acids is 2. The predicted octanol–water partition coefficient (Wildman–Crippen LogP) is 2.54. The molecule has 0 radical (unpaired) electrons. The summed E-state index contributed by atoms with van der Waals surface area (Å²) in [6.07, 6.45) is 1.80. The van der Waals surface area contributed by atoms with E-state index in [1.54, 1.807) is 23.6 Å². The van der Waals surface area contributed by atoms with Crippen LogP contribution in [0.1, 0.15) is 17.3 Å². The molecule has 0 saturated carbocycles. The van der Waals surface area contributed by atoms with E-state index in [-0.39, 0.29) is 17.1 Å². The zero-order chi connectivity index (χ0) is 17.4. The third kappa shape index (κ3) is 3.23. The molecule has 2 amide bonds. The van der Waals surface area contributed by atoms with Gasteiger partial charge in [-0.05, 0) is 25.1 Å². The van der Waals surface area contributed by atoms with Crippen LogP contribution in [0.25, 0.3) is 0 Å². The van der Waals surface area contributed by atoms with Gasteiger partial charge in [-0.2, -0.15) is 0 Å². The van der Waals surface area contributed by atoms with Crippen LogP contribution in [0.15, 0.2) is 34.7 Å². The van der Waals surface area contributed by atoms with Crippen LogP contribution in [-0.2, 0) is 4.79 Å². The first-order chi connectivity index (χ1) is 12.1. The van der Waals surface area contributed by atoms with E-state index in [9.17, 15) is 9.59 Å². The molecule has 6 nitrogen and oxygen atoms in total. The number of thiazole rings is 1. The van der Waals surface area contributed by atoms with Crippen molar-refractivity contribution in [3.63, 3.8) is 0 Å². The fourth-order valence-electron chi connectivity index (χ4n) is 3.00. The molecule has 1 N–H and O–H groups in total. The fourth-order valence-corrected chi connectivity index (χ4v) is 4.62. The molecular formula is C17H18N4O2S2. The largest absolute Gasteiger partial charge is 0.345 e. The molecule has 1 aromatic heterocycles. The predicted molar refractivity (Wildman–Crippen MR) is 101 cm³/mol. The normalized spacial score (nSPS) is 20.2. The van der Waals surface area contributed by atoms with E-state index in [1.807, 2.05) is 29.3 Å². The van der Waals surface area contributed by atoms with Crippen molar-refractivity contribution < 1.29 is 9.59 Å². The van der Waals surface area contributed by atoms with Gasteiger partial charge in [0.1, 0.15) is 0 Å². The zero-order valence-corrected chi connectivity index (χ0v) is 15.4. The van der Waals surface area contributed by atoms with Crippen molar-refractivity contribution in [3.05, 3.63) is 35.3 Å². The minimum Gasteiger partial charge on any atom is -0.345 e. The molecule has 1 atom stereocenters. The van der Waals surface area contributed by atoms with E-state index in [2.05, 4.69) is 15.2 Å². The summed E-state index contributed by atoms with van der Waals surface area (Å²) in [4.78, 5) is 34.1. The summed E-state index contributed by atoms with van der Waals surface area (Å²) in [6, 6.07) is 5.57. The first-order valence-corrected chi connectivity index (χ1v) is 9.93. The van der Waals surface area contributed by atoms with Gasteiger partial charge in [-0.15, -0.1) is 23.1 Å². The van der Waals surface area contributed by atoms with Gasteiger partial charge >= 0.3 is 0 Å². The SMILES string of the molecule is C[C@H]1Sc2ccc(C(=O)N3CCN(c4nccs4)CC3)cc2NC1=O. The number of nitrogens with zero attached hydrogens (tertiary/aromatic N) is 3. The summed E-state index contributed by atoms with van der Waals surface area (Å²) in [6.45, 7) is 4.80. The smallest absolute Gasteiger partial charge is 0.254 e. The highest BCUT2D eigenvalue weighted by molar-refractivity contribution is 8.00. The molecule has 1 saturated heterocycles. The highest BCUT2D eigenvalue weighted by atomic mass is 32.2. The molecule has 2 aliphatic heterocycles. The average molecular weight is 374 g/mol. The Hall–Kier alpha value is -2.06. The van der Waals surface area contributed by atoms with E-state index < -0.39 is 0 Å². The second-order valence-corrected chi connectivity index (χ2v) is 8.31. The van der Waals surface area contributed by atoms with E-state index >= 15 is 0 Å². The lowest BCUT2D eigenvalue weighted by atomic mass is 10.1. The van der Waals surface area contributed by atoms with Crippen molar-refractivity contribution in [2.75, 3.05) is 36.4 Å². The number of hydrogen-bond acceptors (Lipinski definition) is 6. The molecule has 0 spiro atoms. The molecular weight excluding hydrogens is 356 g/mol. The standard InChI is InChI=1S/C17H18N4O2S2/c1-11-15(22)19-13-10-12(2-3-14(13)25-11)16(23)20-5-7-21(8-6-20)17-18-4-9-24-17/h2-4,9-11H,5-8H2,1H3,(H,19,22)/t11-/m1/s1. The summed E-state index contributed by atoms with van der Waals surface area (Å²) in [5.74, 6) is -0.00128. The molecule has 2 aliphatic rings. The van der Waals surface area contributed by atoms with E-state index in [4.69, 9.17) is 0 Å². The highest BCUT2D eigenvalue weighted by Gasteiger charge is 2.26. The quantitative estimate of drug-likeness (QED) is 0.875. The fraction of sp³-hybridized carbons (Fsp3) is 0.353. The van der Waals surface area contributed by atoms with E-state index in [0.717, 1.165) is 28.8 Å². The maximum absolute atomic E-state index is 12.8. The van der Waals surface area contributed by atoms with Crippen molar-refractivity contribution in [3.8, 4) is 0 Å². The van der Waals surface area contributed by atoms with Crippen molar-refractivity contribution in [1.29, 1.82) is 0 Å². The third-order valence-electron chi connectivity index (χ3n) is 4.41. The maximum Gasteiger partial charge on any atom is 0.254 e. The number of piperazine rings is 1. The minimum atomic E-state index is -0.104. The summed E-state index contributed by atoms with van der Waals surface area (Å²) in [7, 11) is 0. The van der Waals surface area contributed by atoms with Gasteiger partial charge in [0.15, 0.2) is 5.13 Å². The molecule has 25 heavy (non-hydrogen) atoms. The number of nitrogens with one attached hydrogen (secondary N) is 1. The van der Waals surface area contributed by atoms with Crippen LogP contribution in [0, 0.1) is 0 Å². The monoisotopic (exact) mass is 374 g/mol. The number of anilines is 2. The topological polar surface area (TPSA) is 65.5 Å². The molecule has 1 aromatic carbocycles. The minimum absolute atomic E-state index is 0.0134. The molecule has 4 rings (SSSR count). The van der Waals surface area contributed by atoms with Gasteiger partial charge in [0.05, 0.1) is 10.9 Å². The van der Waals surface area contributed by atoms with Crippen molar-refractivity contribution in [2.24, 2.45) is 0 Å². The van der Waals surface area contributed by atoms with Crippen LogP contribution in [-0.4, -0.2) is 53.1 Å². The van der Waals surface area contributed by atoms with Gasteiger partial charge in [-0.1, -0.05) is 0 Å². The number of aromatic nitrogens is 1. The first-order valence-electron chi connectivity index (χ1n) is 8.17. The molecule has 130 valence electrons. The lowest BCUT2D eigenvalue weighted by Crippen LogP contribution is -2.48. The Morgan fingerprint density at radius 3 is 2.80 bits per heavy atom. The van der Waals surface area contributed by atoms with Gasteiger partial charge in [0.2, 0.25) is 5.91 Å². The second-order valence-electron chi connectivity index (χ2n) is 6.05. The lowest BCUT2D eigenvalue weighted by Gasteiger charge is -2.34. The number of carbonyl (C=O) groups is 2. The zero-order valence-electron chi connectivity index (χ0n) is 13.8. The average Bonchev–Trinajstić information content (AvgIpc) is 3.16. The second kappa shape index (κ2) is 6.68. The summed E-state index contributed by atoms with van der Waals surface area (Å²) < 4.78 is 0. The number of benzene rings is 1. The Morgan fingerprint density at radius 1 is 1.28 bits per heavy atom. The number of hydrogen-bond donors (Lipinski definition) is 1. The van der Waals surface area contributed by atoms with Crippen LogP contribution < -0.4 is 10.2 Å². The molecule has 8 heteroatoms. The molecule has 0 aliphatic carbocycles. The molecule has 0 bridgehead atoms. The Morgan fingerprint density at radius 2 is 2.08 bits per heavy atom. The maximum atomic E-state index is 12.8.